The SMILES string of the molecule is CN/C(C)=C(\C=N)c1ccc(NC(=N)C2=C(NC3CCOC3)CCNC2)c(F)c1. The summed E-state index contributed by atoms with van der Waals surface area (Å²) in [5.41, 5.74) is 4.11. The molecule has 0 aliphatic carbocycles. The molecule has 2 aliphatic heterocycles. The van der Waals surface area contributed by atoms with Crippen LogP contribution in [0.15, 0.2) is 35.2 Å². The van der Waals surface area contributed by atoms with Gasteiger partial charge in [-0.15, -0.1) is 0 Å². The fourth-order valence-electron chi connectivity index (χ4n) is 3.51. The lowest BCUT2D eigenvalue weighted by Crippen LogP contribution is -2.39. The van der Waals surface area contributed by atoms with Gasteiger partial charge in [-0.25, -0.2) is 4.39 Å². The van der Waals surface area contributed by atoms with Crippen molar-refractivity contribution in [2.75, 3.05) is 38.7 Å². The molecule has 1 unspecified atom stereocenters. The number of hydrogen-bond donors (Lipinski definition) is 6. The molecule has 3 rings (SSSR count). The number of anilines is 1. The number of nitrogens with one attached hydrogen (secondary N) is 6. The Morgan fingerprint density at radius 2 is 2.21 bits per heavy atom. The zero-order chi connectivity index (χ0) is 20.8. The summed E-state index contributed by atoms with van der Waals surface area (Å²) in [5, 5.41) is 28.8. The molecule has 0 radical (unpaired) electrons. The highest BCUT2D eigenvalue weighted by molar-refractivity contribution is 6.10. The van der Waals surface area contributed by atoms with Gasteiger partial charge in [0, 0.05) is 61.9 Å². The molecule has 156 valence electrons. The fraction of sp³-hybridized carbons (Fsp3) is 0.429. The van der Waals surface area contributed by atoms with Crippen LogP contribution in [0.25, 0.3) is 5.57 Å². The lowest BCUT2D eigenvalue weighted by molar-refractivity contribution is 0.191. The van der Waals surface area contributed by atoms with Gasteiger partial charge in [0.2, 0.25) is 0 Å². The third-order valence-corrected chi connectivity index (χ3v) is 5.29. The molecule has 2 heterocycles. The maximum Gasteiger partial charge on any atom is 0.147 e. The van der Waals surface area contributed by atoms with Crippen molar-refractivity contribution >= 4 is 23.3 Å². The van der Waals surface area contributed by atoms with E-state index in [1.165, 1.54) is 12.3 Å². The Labute approximate surface area is 170 Å². The molecule has 2 aliphatic rings. The molecular formula is C21H29FN6O. The summed E-state index contributed by atoms with van der Waals surface area (Å²) in [4.78, 5) is 0. The van der Waals surface area contributed by atoms with Crippen molar-refractivity contribution in [2.24, 2.45) is 0 Å². The topological polar surface area (TPSA) is 105 Å². The molecule has 6 N–H and O–H groups in total. The third kappa shape index (κ3) is 5.02. The summed E-state index contributed by atoms with van der Waals surface area (Å²) < 4.78 is 20.2. The molecule has 0 aromatic heterocycles. The minimum Gasteiger partial charge on any atom is -0.391 e. The zero-order valence-electron chi connectivity index (χ0n) is 16.9. The van der Waals surface area contributed by atoms with Crippen LogP contribution in [0.3, 0.4) is 0 Å². The molecular weight excluding hydrogens is 371 g/mol. The lowest BCUT2D eigenvalue weighted by atomic mass is 10.0. The van der Waals surface area contributed by atoms with Crippen molar-refractivity contribution in [1.29, 1.82) is 10.8 Å². The highest BCUT2D eigenvalue weighted by Gasteiger charge is 2.22. The average Bonchev–Trinajstić information content (AvgIpc) is 3.23. The van der Waals surface area contributed by atoms with Crippen LogP contribution >= 0.6 is 0 Å². The molecule has 0 saturated carbocycles. The smallest absolute Gasteiger partial charge is 0.147 e. The zero-order valence-corrected chi connectivity index (χ0v) is 16.9. The van der Waals surface area contributed by atoms with E-state index >= 15 is 0 Å². The molecule has 29 heavy (non-hydrogen) atoms. The number of rotatable bonds is 7. The molecule has 1 saturated heterocycles. The van der Waals surface area contributed by atoms with E-state index in [1.54, 1.807) is 19.2 Å². The average molecular weight is 401 g/mol. The van der Waals surface area contributed by atoms with E-state index in [0.717, 1.165) is 43.0 Å². The van der Waals surface area contributed by atoms with Crippen LogP contribution in [0.2, 0.25) is 0 Å². The Morgan fingerprint density at radius 1 is 1.38 bits per heavy atom. The van der Waals surface area contributed by atoms with Gasteiger partial charge in [0.05, 0.1) is 18.3 Å². The van der Waals surface area contributed by atoms with Crippen LogP contribution in [0.4, 0.5) is 10.1 Å². The first-order valence-corrected chi connectivity index (χ1v) is 9.85. The Balaban J connectivity index is 1.78. The number of amidine groups is 1. The molecule has 0 spiro atoms. The Morgan fingerprint density at radius 3 is 2.86 bits per heavy atom. The van der Waals surface area contributed by atoms with Crippen LogP contribution in [0, 0.1) is 16.6 Å². The number of halogens is 1. The second kappa shape index (κ2) is 9.67. The van der Waals surface area contributed by atoms with E-state index in [4.69, 9.17) is 15.6 Å². The quantitative estimate of drug-likeness (QED) is 0.312. The Hall–Kier alpha value is -2.71. The molecule has 1 atom stereocenters. The number of hydrogen-bond acceptors (Lipinski definition) is 6. The van der Waals surface area contributed by atoms with Crippen LogP contribution < -0.4 is 21.3 Å². The van der Waals surface area contributed by atoms with E-state index in [1.807, 2.05) is 6.92 Å². The van der Waals surface area contributed by atoms with Crippen LogP contribution in [-0.2, 0) is 4.74 Å². The van der Waals surface area contributed by atoms with Crippen molar-refractivity contribution in [3.63, 3.8) is 0 Å². The van der Waals surface area contributed by atoms with Crippen molar-refractivity contribution in [3.05, 3.63) is 46.5 Å². The number of ether oxygens (including phenoxy) is 1. The van der Waals surface area contributed by atoms with E-state index < -0.39 is 5.82 Å². The second-order valence-corrected chi connectivity index (χ2v) is 7.22. The summed E-state index contributed by atoms with van der Waals surface area (Å²) in [6.07, 6.45) is 2.96. The Kier molecular flexibility index (Phi) is 7.00. The van der Waals surface area contributed by atoms with E-state index in [0.29, 0.717) is 24.3 Å². The maximum absolute atomic E-state index is 14.7. The third-order valence-electron chi connectivity index (χ3n) is 5.29. The summed E-state index contributed by atoms with van der Waals surface area (Å²) in [6, 6.07) is 5.02. The van der Waals surface area contributed by atoms with E-state index in [2.05, 4.69) is 21.3 Å². The highest BCUT2D eigenvalue weighted by Crippen LogP contribution is 2.23. The van der Waals surface area contributed by atoms with Crippen LogP contribution in [-0.4, -0.2) is 51.4 Å². The van der Waals surface area contributed by atoms with Crippen molar-refractivity contribution in [2.45, 2.75) is 25.8 Å². The predicted octanol–water partition coefficient (Wildman–Crippen LogP) is 2.44. The first kappa shape index (κ1) is 21.0. The summed E-state index contributed by atoms with van der Waals surface area (Å²) in [6.45, 7) is 4.68. The molecule has 1 aromatic carbocycles. The van der Waals surface area contributed by atoms with E-state index in [9.17, 15) is 4.39 Å². The highest BCUT2D eigenvalue weighted by atomic mass is 19.1. The summed E-state index contributed by atoms with van der Waals surface area (Å²) in [5.74, 6) is -0.280. The molecule has 0 amide bonds. The first-order valence-electron chi connectivity index (χ1n) is 9.85. The Bertz CT molecular complexity index is 842. The minimum absolute atomic E-state index is 0.180. The molecule has 8 heteroatoms. The standard InChI is InChI=1S/C21H29FN6O/c1-13(25-2)16(10-23)14-3-4-20(18(22)9-14)28-21(24)17-11-26-7-5-19(17)27-15-6-8-29-12-15/h3-4,9-10,15,23,25-27H,5-8,11-12H2,1-2H3,(H2,24,28)/b16-13+,23-10?. The van der Waals surface area contributed by atoms with Crippen molar-refractivity contribution in [3.8, 4) is 0 Å². The predicted molar refractivity (Wildman–Crippen MR) is 115 cm³/mol. The normalized spacial score (nSPS) is 20.2. The fourth-order valence-corrected chi connectivity index (χ4v) is 3.51. The van der Waals surface area contributed by atoms with Crippen molar-refractivity contribution in [1.82, 2.24) is 16.0 Å². The monoisotopic (exact) mass is 400 g/mol. The van der Waals surface area contributed by atoms with Gasteiger partial charge >= 0.3 is 0 Å². The van der Waals surface area contributed by atoms with Gasteiger partial charge in [-0.05, 0) is 31.0 Å². The summed E-state index contributed by atoms with van der Waals surface area (Å²) in [7, 11) is 1.77. The minimum atomic E-state index is -0.460. The number of benzene rings is 1. The largest absolute Gasteiger partial charge is 0.391 e. The molecule has 1 aromatic rings. The van der Waals surface area contributed by atoms with Crippen LogP contribution in [0.1, 0.15) is 25.3 Å². The van der Waals surface area contributed by atoms with E-state index in [-0.39, 0.29) is 17.6 Å². The van der Waals surface area contributed by atoms with Gasteiger partial charge in [0.1, 0.15) is 11.7 Å². The van der Waals surface area contributed by atoms with Gasteiger partial charge in [0.15, 0.2) is 0 Å². The van der Waals surface area contributed by atoms with Gasteiger partial charge in [-0.2, -0.15) is 0 Å². The van der Waals surface area contributed by atoms with Crippen molar-refractivity contribution < 1.29 is 9.13 Å². The van der Waals surface area contributed by atoms with Gasteiger partial charge in [0.25, 0.3) is 0 Å². The molecule has 7 nitrogen and oxygen atoms in total. The first-order chi connectivity index (χ1) is 14.0. The van der Waals surface area contributed by atoms with Gasteiger partial charge in [-0.1, -0.05) is 6.07 Å². The summed E-state index contributed by atoms with van der Waals surface area (Å²) >= 11 is 0. The number of allylic oxidation sites excluding steroid dienone is 2. The van der Waals surface area contributed by atoms with Gasteiger partial charge < -0.3 is 31.4 Å². The lowest BCUT2D eigenvalue weighted by Gasteiger charge is -2.26. The van der Waals surface area contributed by atoms with Crippen LogP contribution in [0.5, 0.6) is 0 Å². The second-order valence-electron chi connectivity index (χ2n) is 7.22. The van der Waals surface area contributed by atoms with Gasteiger partial charge in [-0.3, -0.25) is 5.41 Å². The molecule has 1 fully saturated rings. The molecule has 0 bridgehead atoms. The maximum atomic E-state index is 14.7.